The summed E-state index contributed by atoms with van der Waals surface area (Å²) in [7, 11) is 0. The first-order valence-corrected chi connectivity index (χ1v) is 6.51. The van der Waals surface area contributed by atoms with Crippen molar-refractivity contribution >= 4 is 31.9 Å². The smallest absolute Gasteiger partial charge is 0.133 e. The number of rotatable bonds is 6. The summed E-state index contributed by atoms with van der Waals surface area (Å²) >= 11 is 6.82. The third-order valence-corrected chi connectivity index (χ3v) is 3.07. The van der Waals surface area contributed by atoms with Crippen LogP contribution in [-0.2, 0) is 0 Å². The highest BCUT2D eigenvalue weighted by atomic mass is 79.9. The number of ether oxygens (including phenoxy) is 1. The second kappa shape index (κ2) is 7.25. The SMILES string of the molecule is OCCCCCOc1ccc(Br)cc1Br. The van der Waals surface area contributed by atoms with Crippen molar-refractivity contribution in [1.82, 2.24) is 0 Å². The zero-order valence-electron chi connectivity index (χ0n) is 8.38. The van der Waals surface area contributed by atoms with E-state index in [1.807, 2.05) is 18.2 Å². The molecule has 1 rings (SSSR count). The summed E-state index contributed by atoms with van der Waals surface area (Å²) in [6.45, 7) is 0.961. The van der Waals surface area contributed by atoms with Crippen molar-refractivity contribution in [3.63, 3.8) is 0 Å². The van der Waals surface area contributed by atoms with Gasteiger partial charge in [0.2, 0.25) is 0 Å². The highest BCUT2D eigenvalue weighted by Gasteiger charge is 2.00. The first kappa shape index (κ1) is 13.0. The Balaban J connectivity index is 2.31. The molecule has 0 spiro atoms. The van der Waals surface area contributed by atoms with Crippen LogP contribution >= 0.6 is 31.9 Å². The van der Waals surface area contributed by atoms with Crippen molar-refractivity contribution in [2.45, 2.75) is 19.3 Å². The summed E-state index contributed by atoms with van der Waals surface area (Å²) in [5.74, 6) is 0.863. The van der Waals surface area contributed by atoms with E-state index >= 15 is 0 Å². The maximum Gasteiger partial charge on any atom is 0.133 e. The maximum atomic E-state index is 8.60. The van der Waals surface area contributed by atoms with Gasteiger partial charge >= 0.3 is 0 Å². The Morgan fingerprint density at radius 1 is 1.13 bits per heavy atom. The largest absolute Gasteiger partial charge is 0.492 e. The van der Waals surface area contributed by atoms with Gasteiger partial charge in [0, 0.05) is 11.1 Å². The van der Waals surface area contributed by atoms with E-state index in [0.29, 0.717) is 6.61 Å². The van der Waals surface area contributed by atoms with Gasteiger partial charge in [-0.3, -0.25) is 0 Å². The predicted molar refractivity (Wildman–Crippen MR) is 68.3 cm³/mol. The van der Waals surface area contributed by atoms with Crippen LogP contribution in [0.2, 0.25) is 0 Å². The van der Waals surface area contributed by atoms with Crippen LogP contribution < -0.4 is 4.74 Å². The number of hydrogen-bond donors (Lipinski definition) is 1. The van der Waals surface area contributed by atoms with Crippen LogP contribution in [0.15, 0.2) is 27.1 Å². The van der Waals surface area contributed by atoms with E-state index in [2.05, 4.69) is 31.9 Å². The van der Waals surface area contributed by atoms with E-state index in [1.54, 1.807) is 0 Å². The molecule has 1 aromatic carbocycles. The lowest BCUT2D eigenvalue weighted by atomic mass is 10.2. The summed E-state index contributed by atoms with van der Waals surface area (Å²) < 4.78 is 7.58. The third-order valence-electron chi connectivity index (χ3n) is 1.95. The number of benzene rings is 1. The average Bonchev–Trinajstić information content (AvgIpc) is 2.20. The molecule has 0 bridgehead atoms. The van der Waals surface area contributed by atoms with E-state index in [9.17, 15) is 0 Å². The minimum absolute atomic E-state index is 0.266. The lowest BCUT2D eigenvalue weighted by Gasteiger charge is -2.07. The number of hydrogen-bond acceptors (Lipinski definition) is 2. The minimum Gasteiger partial charge on any atom is -0.492 e. The Morgan fingerprint density at radius 2 is 1.93 bits per heavy atom. The zero-order chi connectivity index (χ0) is 11.1. The molecule has 1 N–H and O–H groups in total. The third kappa shape index (κ3) is 5.00. The number of unbranched alkanes of at least 4 members (excludes halogenated alkanes) is 2. The second-order valence-electron chi connectivity index (χ2n) is 3.21. The zero-order valence-corrected chi connectivity index (χ0v) is 11.6. The van der Waals surface area contributed by atoms with Crippen LogP contribution in [0.1, 0.15) is 19.3 Å². The molecule has 0 saturated carbocycles. The predicted octanol–water partition coefficient (Wildman–Crippen LogP) is 3.75. The molecule has 2 nitrogen and oxygen atoms in total. The highest BCUT2D eigenvalue weighted by Crippen LogP contribution is 2.28. The summed E-state index contributed by atoms with van der Waals surface area (Å²) in [5, 5.41) is 8.60. The Labute approximate surface area is 107 Å². The molecule has 0 aromatic heterocycles. The van der Waals surface area contributed by atoms with Gasteiger partial charge in [-0.05, 0) is 53.4 Å². The summed E-state index contributed by atoms with van der Waals surface area (Å²) in [5.41, 5.74) is 0. The fourth-order valence-corrected chi connectivity index (χ4v) is 2.33. The summed E-state index contributed by atoms with van der Waals surface area (Å²) in [6.07, 6.45) is 2.83. The standard InChI is InChI=1S/C11H14Br2O2/c12-9-4-5-11(10(13)8-9)15-7-3-1-2-6-14/h4-5,8,14H,1-3,6-7H2. The molecule has 1 aromatic rings. The fraction of sp³-hybridized carbons (Fsp3) is 0.455. The topological polar surface area (TPSA) is 29.5 Å². The fourth-order valence-electron chi connectivity index (χ4n) is 1.17. The summed E-state index contributed by atoms with van der Waals surface area (Å²) in [4.78, 5) is 0. The van der Waals surface area contributed by atoms with Crippen molar-refractivity contribution in [3.05, 3.63) is 27.1 Å². The van der Waals surface area contributed by atoms with Crippen LogP contribution in [-0.4, -0.2) is 18.3 Å². The van der Waals surface area contributed by atoms with Gasteiger partial charge in [0.1, 0.15) is 5.75 Å². The van der Waals surface area contributed by atoms with Crippen molar-refractivity contribution in [2.75, 3.05) is 13.2 Å². The Hall–Kier alpha value is -0.0600. The van der Waals surface area contributed by atoms with Gasteiger partial charge in [-0.15, -0.1) is 0 Å². The second-order valence-corrected chi connectivity index (χ2v) is 4.98. The van der Waals surface area contributed by atoms with Gasteiger partial charge < -0.3 is 9.84 Å². The van der Waals surface area contributed by atoms with Crippen LogP contribution in [0.3, 0.4) is 0 Å². The van der Waals surface area contributed by atoms with E-state index in [1.165, 1.54) is 0 Å². The van der Waals surface area contributed by atoms with E-state index in [0.717, 1.165) is 34.0 Å². The Morgan fingerprint density at radius 3 is 2.60 bits per heavy atom. The molecule has 0 aliphatic carbocycles. The van der Waals surface area contributed by atoms with Crippen molar-refractivity contribution < 1.29 is 9.84 Å². The van der Waals surface area contributed by atoms with Gasteiger partial charge in [0.25, 0.3) is 0 Å². The molecule has 0 radical (unpaired) electrons. The average molecular weight is 338 g/mol. The van der Waals surface area contributed by atoms with Gasteiger partial charge in [-0.1, -0.05) is 15.9 Å². The Kier molecular flexibility index (Phi) is 6.29. The van der Waals surface area contributed by atoms with E-state index in [-0.39, 0.29) is 6.61 Å². The molecule has 0 aliphatic heterocycles. The number of aliphatic hydroxyl groups is 1. The molecular weight excluding hydrogens is 324 g/mol. The van der Waals surface area contributed by atoms with Crippen LogP contribution in [0.5, 0.6) is 5.75 Å². The highest BCUT2D eigenvalue weighted by molar-refractivity contribution is 9.11. The molecule has 0 fully saturated rings. The van der Waals surface area contributed by atoms with E-state index < -0.39 is 0 Å². The molecule has 0 unspecified atom stereocenters. The number of halogens is 2. The van der Waals surface area contributed by atoms with Crippen molar-refractivity contribution in [3.8, 4) is 5.75 Å². The Bertz CT molecular complexity index is 303. The molecule has 0 aliphatic rings. The molecule has 15 heavy (non-hydrogen) atoms. The molecule has 4 heteroatoms. The van der Waals surface area contributed by atoms with Gasteiger partial charge in [0.15, 0.2) is 0 Å². The summed E-state index contributed by atoms with van der Waals surface area (Å²) in [6, 6.07) is 5.84. The monoisotopic (exact) mass is 336 g/mol. The molecular formula is C11H14Br2O2. The van der Waals surface area contributed by atoms with E-state index in [4.69, 9.17) is 9.84 Å². The molecule has 84 valence electrons. The van der Waals surface area contributed by atoms with Gasteiger partial charge in [-0.2, -0.15) is 0 Å². The van der Waals surface area contributed by atoms with Crippen LogP contribution in [0.4, 0.5) is 0 Å². The van der Waals surface area contributed by atoms with Crippen molar-refractivity contribution in [2.24, 2.45) is 0 Å². The van der Waals surface area contributed by atoms with Crippen molar-refractivity contribution in [1.29, 1.82) is 0 Å². The lowest BCUT2D eigenvalue weighted by Crippen LogP contribution is -1.98. The van der Waals surface area contributed by atoms with Gasteiger partial charge in [-0.25, -0.2) is 0 Å². The minimum atomic E-state index is 0.266. The quantitative estimate of drug-likeness (QED) is 0.801. The number of aliphatic hydroxyl groups excluding tert-OH is 1. The maximum absolute atomic E-state index is 8.60. The van der Waals surface area contributed by atoms with Crippen LogP contribution in [0, 0.1) is 0 Å². The molecule has 0 atom stereocenters. The molecule has 0 amide bonds. The first-order valence-electron chi connectivity index (χ1n) is 4.93. The molecule has 0 saturated heterocycles. The first-order chi connectivity index (χ1) is 7.24. The molecule has 0 heterocycles. The normalized spacial score (nSPS) is 10.3. The van der Waals surface area contributed by atoms with Gasteiger partial charge in [0.05, 0.1) is 11.1 Å². The van der Waals surface area contributed by atoms with Crippen LogP contribution in [0.25, 0.3) is 0 Å². The lowest BCUT2D eigenvalue weighted by molar-refractivity contribution is 0.265.